The van der Waals surface area contributed by atoms with E-state index < -0.39 is 10.1 Å². The first-order chi connectivity index (χ1) is 17.4. The van der Waals surface area contributed by atoms with Gasteiger partial charge in [0, 0.05) is 12.6 Å². The maximum absolute atomic E-state index is 13.2. The Bertz CT molecular complexity index is 1350. The summed E-state index contributed by atoms with van der Waals surface area (Å²) >= 11 is 0. The predicted octanol–water partition coefficient (Wildman–Crippen LogP) is 5.74. The summed E-state index contributed by atoms with van der Waals surface area (Å²) < 4.78 is 43.5. The summed E-state index contributed by atoms with van der Waals surface area (Å²) in [6.45, 7) is 0. The number of benzene rings is 3. The second kappa shape index (κ2) is 10.1. The molecule has 2 aliphatic rings. The van der Waals surface area contributed by atoms with E-state index >= 15 is 0 Å². The highest BCUT2D eigenvalue weighted by Crippen LogP contribution is 2.45. The Morgan fingerprint density at radius 1 is 0.861 bits per heavy atom. The average molecular weight is 508 g/mol. The van der Waals surface area contributed by atoms with Crippen LogP contribution in [0.4, 0.5) is 5.69 Å². The highest BCUT2D eigenvalue weighted by atomic mass is 32.2. The standard InChI is InChI=1S/C29H33NO5S/c1-30-26-17-22-12-10-19-9-11-20(24(22)18-28(26)34-3)16-21-13-14-27(33-2)29(25(21)15-19)35-36(31,32)23-7-5-4-6-8-23/h4-8,13-14,17-20,30H,9-12,15-16H2,1-3H3. The van der Waals surface area contributed by atoms with Crippen LogP contribution in [0.3, 0.4) is 0 Å². The second-order valence-corrected chi connectivity index (χ2v) is 11.2. The molecule has 3 aromatic rings. The van der Waals surface area contributed by atoms with E-state index in [1.165, 1.54) is 11.1 Å². The molecule has 3 aromatic carbocycles. The van der Waals surface area contributed by atoms with Gasteiger partial charge in [0.25, 0.3) is 0 Å². The molecule has 7 heteroatoms. The minimum Gasteiger partial charge on any atom is -0.495 e. The van der Waals surface area contributed by atoms with Gasteiger partial charge in [-0.05, 0) is 97.4 Å². The van der Waals surface area contributed by atoms with E-state index in [4.69, 9.17) is 13.7 Å². The molecule has 0 spiro atoms. The molecule has 0 saturated carbocycles. The molecule has 190 valence electrons. The topological polar surface area (TPSA) is 73.9 Å². The number of fused-ring (bicyclic) bond motifs is 6. The number of anilines is 1. The normalized spacial score (nSPS) is 19.1. The monoisotopic (exact) mass is 507 g/mol. The first-order valence-corrected chi connectivity index (χ1v) is 13.9. The van der Waals surface area contributed by atoms with Crippen LogP contribution >= 0.6 is 0 Å². The smallest absolute Gasteiger partial charge is 0.339 e. The molecule has 0 aliphatic heterocycles. The van der Waals surface area contributed by atoms with E-state index in [2.05, 4.69) is 23.5 Å². The molecule has 0 amide bonds. The maximum atomic E-state index is 13.2. The van der Waals surface area contributed by atoms with Gasteiger partial charge in [-0.25, -0.2) is 0 Å². The van der Waals surface area contributed by atoms with E-state index in [9.17, 15) is 8.42 Å². The van der Waals surface area contributed by atoms with Gasteiger partial charge < -0.3 is 19.0 Å². The fourth-order valence-electron chi connectivity index (χ4n) is 5.73. The predicted molar refractivity (Wildman–Crippen MR) is 141 cm³/mol. The lowest BCUT2D eigenvalue weighted by molar-refractivity contribution is 0.365. The van der Waals surface area contributed by atoms with Gasteiger partial charge in [-0.2, -0.15) is 8.42 Å². The van der Waals surface area contributed by atoms with Crippen molar-refractivity contribution in [3.8, 4) is 17.2 Å². The van der Waals surface area contributed by atoms with Gasteiger partial charge in [0.05, 0.1) is 19.9 Å². The fraction of sp³-hybridized carbons (Fsp3) is 0.379. The minimum atomic E-state index is -4.00. The van der Waals surface area contributed by atoms with Crippen LogP contribution in [-0.4, -0.2) is 29.7 Å². The zero-order chi connectivity index (χ0) is 25.3. The van der Waals surface area contributed by atoms with Gasteiger partial charge in [-0.3, -0.25) is 0 Å². The van der Waals surface area contributed by atoms with Crippen molar-refractivity contribution in [3.63, 3.8) is 0 Å². The molecule has 1 N–H and O–H groups in total. The summed E-state index contributed by atoms with van der Waals surface area (Å²) in [4.78, 5) is 0.132. The average Bonchev–Trinajstić information content (AvgIpc) is 2.88. The van der Waals surface area contributed by atoms with E-state index in [-0.39, 0.29) is 4.90 Å². The van der Waals surface area contributed by atoms with Crippen LogP contribution in [0.2, 0.25) is 0 Å². The lowest BCUT2D eigenvalue weighted by Crippen LogP contribution is -2.21. The lowest BCUT2D eigenvalue weighted by Gasteiger charge is -2.33. The Hall–Kier alpha value is -3.19. The van der Waals surface area contributed by atoms with Crippen LogP contribution in [0, 0.1) is 5.92 Å². The third-order valence-electron chi connectivity index (χ3n) is 7.64. The van der Waals surface area contributed by atoms with Gasteiger partial charge in [-0.1, -0.05) is 24.3 Å². The molecule has 0 aromatic heterocycles. The molecule has 0 fully saturated rings. The summed E-state index contributed by atoms with van der Waals surface area (Å²) in [5.41, 5.74) is 5.78. The van der Waals surface area contributed by atoms with Crippen LogP contribution in [-0.2, 0) is 29.4 Å². The molecular formula is C29H33NO5S. The Morgan fingerprint density at radius 3 is 2.36 bits per heavy atom. The number of aryl methyl sites for hydroxylation is 1. The molecule has 0 saturated heterocycles. The number of methoxy groups -OCH3 is 2. The molecule has 0 radical (unpaired) electrons. The largest absolute Gasteiger partial charge is 0.495 e. The SMILES string of the molecule is CNc1cc2c(cc1OC)C1CCC(CC2)Cc2c(ccc(OC)c2OS(=O)(=O)c2ccccc2)C1. The third-order valence-corrected chi connectivity index (χ3v) is 8.88. The van der Waals surface area contributed by atoms with Gasteiger partial charge in [0.1, 0.15) is 10.6 Å². The number of hydrogen-bond acceptors (Lipinski definition) is 6. The maximum Gasteiger partial charge on any atom is 0.339 e. The summed E-state index contributed by atoms with van der Waals surface area (Å²) in [5, 5.41) is 3.26. The van der Waals surface area contributed by atoms with Crippen LogP contribution in [0.25, 0.3) is 0 Å². The minimum absolute atomic E-state index is 0.132. The fourth-order valence-corrected chi connectivity index (χ4v) is 6.72. The number of hydrogen-bond donors (Lipinski definition) is 1. The van der Waals surface area contributed by atoms with Gasteiger partial charge >= 0.3 is 10.1 Å². The molecule has 5 rings (SSSR count). The second-order valence-electron chi connectivity index (χ2n) is 9.67. The molecule has 2 atom stereocenters. The van der Waals surface area contributed by atoms with Crippen molar-refractivity contribution in [2.75, 3.05) is 26.6 Å². The first-order valence-electron chi connectivity index (χ1n) is 12.5. The zero-order valence-electron chi connectivity index (χ0n) is 21.0. The van der Waals surface area contributed by atoms with Gasteiger partial charge in [0.2, 0.25) is 0 Å². The molecule has 6 nitrogen and oxygen atoms in total. The van der Waals surface area contributed by atoms with Gasteiger partial charge in [0.15, 0.2) is 11.5 Å². The van der Waals surface area contributed by atoms with Crippen LogP contribution in [0.15, 0.2) is 59.5 Å². The van der Waals surface area contributed by atoms with E-state index in [1.54, 1.807) is 44.6 Å². The zero-order valence-corrected chi connectivity index (χ0v) is 21.9. The molecule has 0 heterocycles. The summed E-state index contributed by atoms with van der Waals surface area (Å²) in [5.74, 6) is 2.36. The number of nitrogens with one attached hydrogen (secondary N) is 1. The Labute approximate surface area is 213 Å². The van der Waals surface area contributed by atoms with Crippen molar-refractivity contribution in [2.24, 2.45) is 5.92 Å². The Morgan fingerprint density at radius 2 is 1.64 bits per heavy atom. The molecule has 2 unspecified atom stereocenters. The first kappa shape index (κ1) is 24.5. The van der Waals surface area contributed by atoms with Crippen molar-refractivity contribution in [2.45, 2.75) is 49.3 Å². The quantitative estimate of drug-likeness (QED) is 0.429. The summed E-state index contributed by atoms with van der Waals surface area (Å²) in [7, 11) is 1.18. The molecular weight excluding hydrogens is 474 g/mol. The van der Waals surface area contributed by atoms with E-state index in [0.29, 0.717) is 23.3 Å². The lowest BCUT2D eigenvalue weighted by atomic mass is 9.73. The van der Waals surface area contributed by atoms with Crippen LogP contribution < -0.4 is 19.0 Å². The van der Waals surface area contributed by atoms with Crippen molar-refractivity contribution in [1.29, 1.82) is 0 Å². The Kier molecular flexibility index (Phi) is 6.84. The van der Waals surface area contributed by atoms with Crippen LogP contribution in [0.5, 0.6) is 17.2 Å². The molecule has 36 heavy (non-hydrogen) atoms. The molecule has 2 bridgehead atoms. The van der Waals surface area contributed by atoms with E-state index in [0.717, 1.165) is 61.1 Å². The van der Waals surface area contributed by atoms with Crippen molar-refractivity contribution < 1.29 is 22.1 Å². The highest BCUT2D eigenvalue weighted by molar-refractivity contribution is 7.87. The summed E-state index contributed by atoms with van der Waals surface area (Å²) in [6, 6.07) is 16.6. The van der Waals surface area contributed by atoms with Crippen molar-refractivity contribution in [1.82, 2.24) is 0 Å². The highest BCUT2D eigenvalue weighted by Gasteiger charge is 2.31. The number of rotatable bonds is 6. The van der Waals surface area contributed by atoms with Crippen LogP contribution in [0.1, 0.15) is 47.4 Å². The third kappa shape index (κ3) is 4.64. The Balaban J connectivity index is 1.60. The van der Waals surface area contributed by atoms with Gasteiger partial charge in [-0.15, -0.1) is 0 Å². The van der Waals surface area contributed by atoms with Crippen molar-refractivity contribution in [3.05, 3.63) is 76.9 Å². The summed E-state index contributed by atoms with van der Waals surface area (Å²) in [6.07, 6.45) is 5.75. The van der Waals surface area contributed by atoms with E-state index in [1.807, 2.05) is 13.1 Å². The number of ether oxygens (including phenoxy) is 2. The molecule has 2 aliphatic carbocycles. The van der Waals surface area contributed by atoms with Crippen molar-refractivity contribution >= 4 is 15.8 Å².